The van der Waals surface area contributed by atoms with Gasteiger partial charge in [0.1, 0.15) is 6.61 Å². The molecular weight excluding hydrogens is 264 g/mol. The maximum absolute atomic E-state index is 12.4. The second kappa shape index (κ2) is 8.03. The van der Waals surface area contributed by atoms with Crippen molar-refractivity contribution in [3.05, 3.63) is 35.9 Å². The van der Waals surface area contributed by atoms with Gasteiger partial charge in [0.15, 0.2) is 0 Å². The molecule has 116 valence electrons. The van der Waals surface area contributed by atoms with E-state index in [-0.39, 0.29) is 12.1 Å². The lowest BCUT2D eigenvalue weighted by atomic mass is 9.89. The van der Waals surface area contributed by atoms with Crippen LogP contribution in [-0.4, -0.2) is 36.7 Å². The number of hydrogen-bond donors (Lipinski definition) is 1. The maximum atomic E-state index is 12.4. The zero-order chi connectivity index (χ0) is 15.1. The predicted octanol–water partition coefficient (Wildman–Crippen LogP) is 3.18. The van der Waals surface area contributed by atoms with Crippen molar-refractivity contribution in [1.29, 1.82) is 0 Å². The van der Waals surface area contributed by atoms with E-state index in [2.05, 4.69) is 5.32 Å². The molecule has 0 aromatic heterocycles. The van der Waals surface area contributed by atoms with Crippen LogP contribution < -0.4 is 5.32 Å². The molecular formula is C17H26N2O2. The molecule has 0 heterocycles. The lowest BCUT2D eigenvalue weighted by molar-refractivity contribution is 0.0656. The minimum atomic E-state index is -0.200. The van der Waals surface area contributed by atoms with Crippen molar-refractivity contribution in [2.75, 3.05) is 13.6 Å². The molecule has 0 bridgehead atoms. The van der Waals surface area contributed by atoms with Crippen molar-refractivity contribution in [3.8, 4) is 0 Å². The van der Waals surface area contributed by atoms with E-state index in [1.807, 2.05) is 49.2 Å². The number of nitrogens with one attached hydrogen (secondary N) is 1. The monoisotopic (exact) mass is 290 g/mol. The normalized spacial score (nSPS) is 21.8. The topological polar surface area (TPSA) is 41.6 Å². The van der Waals surface area contributed by atoms with Crippen LogP contribution in [-0.2, 0) is 11.3 Å². The summed E-state index contributed by atoms with van der Waals surface area (Å²) in [5.41, 5.74) is 1.02. The zero-order valence-corrected chi connectivity index (χ0v) is 13.0. The van der Waals surface area contributed by atoms with Crippen LogP contribution in [0.5, 0.6) is 0 Å². The first-order chi connectivity index (χ1) is 10.3. The number of benzene rings is 1. The highest BCUT2D eigenvalue weighted by atomic mass is 16.6. The summed E-state index contributed by atoms with van der Waals surface area (Å²) >= 11 is 0. The van der Waals surface area contributed by atoms with Crippen LogP contribution in [0.1, 0.15) is 38.2 Å². The fourth-order valence-corrected chi connectivity index (χ4v) is 3.12. The summed E-state index contributed by atoms with van der Waals surface area (Å²) in [7, 11) is 1.98. The van der Waals surface area contributed by atoms with Crippen LogP contribution in [0.3, 0.4) is 0 Å². The molecule has 1 aliphatic rings. The molecule has 4 heteroatoms. The summed E-state index contributed by atoms with van der Waals surface area (Å²) in [4.78, 5) is 14.3. The summed E-state index contributed by atoms with van der Waals surface area (Å²) in [5.74, 6) is 0. The molecule has 1 aliphatic carbocycles. The van der Waals surface area contributed by atoms with E-state index in [1.165, 1.54) is 12.8 Å². The van der Waals surface area contributed by atoms with Gasteiger partial charge in [-0.1, -0.05) is 43.2 Å². The second-order valence-corrected chi connectivity index (χ2v) is 5.57. The molecule has 0 unspecified atom stereocenters. The molecule has 2 rings (SSSR count). The van der Waals surface area contributed by atoms with Crippen molar-refractivity contribution in [1.82, 2.24) is 10.2 Å². The number of ether oxygens (including phenoxy) is 1. The van der Waals surface area contributed by atoms with E-state index >= 15 is 0 Å². The van der Waals surface area contributed by atoms with Gasteiger partial charge in [0, 0.05) is 12.6 Å². The Labute approximate surface area is 127 Å². The summed E-state index contributed by atoms with van der Waals surface area (Å²) in [6.45, 7) is 3.05. The molecule has 1 fully saturated rings. The Hall–Kier alpha value is -1.55. The van der Waals surface area contributed by atoms with E-state index in [0.717, 1.165) is 18.4 Å². The van der Waals surface area contributed by atoms with Gasteiger partial charge >= 0.3 is 6.09 Å². The van der Waals surface area contributed by atoms with Crippen LogP contribution in [0, 0.1) is 0 Å². The molecule has 1 aromatic rings. The molecule has 4 nitrogen and oxygen atoms in total. The molecule has 21 heavy (non-hydrogen) atoms. The first-order valence-electron chi connectivity index (χ1n) is 7.90. The Morgan fingerprint density at radius 2 is 2.00 bits per heavy atom. The highest BCUT2D eigenvalue weighted by molar-refractivity contribution is 5.68. The minimum absolute atomic E-state index is 0.200. The molecule has 0 spiro atoms. The molecule has 1 aromatic carbocycles. The van der Waals surface area contributed by atoms with E-state index in [4.69, 9.17) is 4.74 Å². The minimum Gasteiger partial charge on any atom is -0.445 e. The van der Waals surface area contributed by atoms with E-state index in [1.54, 1.807) is 0 Å². The van der Waals surface area contributed by atoms with Crippen molar-refractivity contribution in [2.24, 2.45) is 0 Å². The third-order valence-corrected chi connectivity index (χ3v) is 4.28. The third-order valence-electron chi connectivity index (χ3n) is 4.28. The number of rotatable bonds is 5. The fourth-order valence-electron chi connectivity index (χ4n) is 3.12. The Balaban J connectivity index is 1.94. The molecule has 0 aliphatic heterocycles. The largest absolute Gasteiger partial charge is 0.445 e. The Morgan fingerprint density at radius 3 is 2.67 bits per heavy atom. The summed E-state index contributed by atoms with van der Waals surface area (Å²) in [6.07, 6.45) is 4.40. The van der Waals surface area contributed by atoms with Crippen LogP contribution in [0.2, 0.25) is 0 Å². The summed E-state index contributed by atoms with van der Waals surface area (Å²) < 4.78 is 5.49. The molecule has 1 amide bonds. The van der Waals surface area contributed by atoms with Crippen LogP contribution in [0.4, 0.5) is 4.79 Å². The highest BCUT2D eigenvalue weighted by Gasteiger charge is 2.31. The number of hydrogen-bond acceptors (Lipinski definition) is 3. The smallest absolute Gasteiger partial charge is 0.410 e. The summed E-state index contributed by atoms with van der Waals surface area (Å²) in [5, 5.41) is 3.35. The van der Waals surface area contributed by atoms with Gasteiger partial charge in [0.25, 0.3) is 0 Å². The molecule has 1 N–H and O–H groups in total. The van der Waals surface area contributed by atoms with Gasteiger partial charge in [-0.3, -0.25) is 0 Å². The SMILES string of the molecule is CCN(C(=O)OCc1ccccc1)[C@H]1CCCC[C@@H]1NC. The Morgan fingerprint density at radius 1 is 1.29 bits per heavy atom. The molecule has 0 saturated heterocycles. The fraction of sp³-hybridized carbons (Fsp3) is 0.588. The predicted molar refractivity (Wildman–Crippen MR) is 84.1 cm³/mol. The summed E-state index contributed by atoms with van der Waals surface area (Å²) in [6, 6.07) is 10.4. The van der Waals surface area contributed by atoms with Gasteiger partial charge in [0.05, 0.1) is 6.04 Å². The van der Waals surface area contributed by atoms with Crippen LogP contribution >= 0.6 is 0 Å². The van der Waals surface area contributed by atoms with Gasteiger partial charge in [-0.2, -0.15) is 0 Å². The van der Waals surface area contributed by atoms with Crippen molar-refractivity contribution < 1.29 is 9.53 Å². The number of nitrogens with zero attached hydrogens (tertiary/aromatic N) is 1. The van der Waals surface area contributed by atoms with Crippen molar-refractivity contribution in [3.63, 3.8) is 0 Å². The van der Waals surface area contributed by atoms with Gasteiger partial charge in [-0.15, -0.1) is 0 Å². The first-order valence-corrected chi connectivity index (χ1v) is 7.90. The Bertz CT molecular complexity index is 436. The first kappa shape index (κ1) is 15.8. The highest BCUT2D eigenvalue weighted by Crippen LogP contribution is 2.23. The Kier molecular flexibility index (Phi) is 6.05. The van der Waals surface area contributed by atoms with Gasteiger partial charge < -0.3 is 15.0 Å². The number of carbonyl (C=O) groups excluding carboxylic acids is 1. The molecule has 0 radical (unpaired) electrons. The second-order valence-electron chi connectivity index (χ2n) is 5.57. The third kappa shape index (κ3) is 4.21. The number of carbonyl (C=O) groups is 1. The standard InChI is InChI=1S/C17H26N2O2/c1-3-19(16-12-8-7-11-15(16)18-2)17(20)21-13-14-9-5-4-6-10-14/h4-6,9-10,15-16,18H,3,7-8,11-13H2,1-2H3/t15-,16-/m0/s1. The van der Waals surface area contributed by atoms with Crippen LogP contribution in [0.15, 0.2) is 30.3 Å². The average Bonchev–Trinajstić information content (AvgIpc) is 2.55. The van der Waals surface area contributed by atoms with E-state index < -0.39 is 0 Å². The van der Waals surface area contributed by atoms with E-state index in [9.17, 15) is 4.79 Å². The lowest BCUT2D eigenvalue weighted by Crippen LogP contribution is -2.53. The van der Waals surface area contributed by atoms with E-state index in [0.29, 0.717) is 19.2 Å². The van der Waals surface area contributed by atoms with Gasteiger partial charge in [-0.05, 0) is 32.4 Å². The van der Waals surface area contributed by atoms with Gasteiger partial charge in [0.2, 0.25) is 0 Å². The quantitative estimate of drug-likeness (QED) is 0.905. The number of likely N-dealkylation sites (N-methyl/N-ethyl adjacent to an activating group) is 2. The molecule has 1 saturated carbocycles. The number of amides is 1. The van der Waals surface area contributed by atoms with Crippen molar-refractivity contribution in [2.45, 2.75) is 51.3 Å². The van der Waals surface area contributed by atoms with Crippen molar-refractivity contribution >= 4 is 6.09 Å². The molecule has 2 atom stereocenters. The van der Waals surface area contributed by atoms with Crippen LogP contribution in [0.25, 0.3) is 0 Å². The zero-order valence-electron chi connectivity index (χ0n) is 13.0. The van der Waals surface area contributed by atoms with Gasteiger partial charge in [-0.25, -0.2) is 4.79 Å². The average molecular weight is 290 g/mol. The lowest BCUT2D eigenvalue weighted by Gasteiger charge is -2.38. The maximum Gasteiger partial charge on any atom is 0.410 e.